The third kappa shape index (κ3) is 8.00. The number of rotatable bonds is 4. The summed E-state index contributed by atoms with van der Waals surface area (Å²) in [6, 6.07) is 0. The molecule has 4 nitrogen and oxygen atoms in total. The molecule has 2 amide bonds. The van der Waals surface area contributed by atoms with Gasteiger partial charge in [0.25, 0.3) is 0 Å². The molecule has 4 heteroatoms. The molecule has 0 atom stereocenters. The van der Waals surface area contributed by atoms with Crippen LogP contribution in [0.5, 0.6) is 0 Å². The van der Waals surface area contributed by atoms with Crippen molar-refractivity contribution >= 4 is 11.8 Å². The fourth-order valence-corrected chi connectivity index (χ4v) is 3.25. The Kier molecular flexibility index (Phi) is 9.34. The zero-order valence-electron chi connectivity index (χ0n) is 14.4. The molecule has 1 fully saturated rings. The number of amides is 2. The Labute approximate surface area is 140 Å². The molecule has 1 rings (SSSR count). The Morgan fingerprint density at radius 2 is 0.957 bits per heavy atom. The normalized spacial score (nSPS) is 20.0. The van der Waals surface area contributed by atoms with Gasteiger partial charge in [0.15, 0.2) is 0 Å². The third-order valence-electron chi connectivity index (χ3n) is 4.55. The molecule has 0 unspecified atom stereocenters. The summed E-state index contributed by atoms with van der Waals surface area (Å²) in [5, 5.41) is 5.96. The van der Waals surface area contributed by atoms with Crippen molar-refractivity contribution in [2.75, 3.05) is 0 Å². The van der Waals surface area contributed by atoms with E-state index in [1.807, 2.05) is 0 Å². The molecular weight excluding hydrogens is 288 g/mol. The van der Waals surface area contributed by atoms with Crippen molar-refractivity contribution in [3.05, 3.63) is 25.3 Å². The van der Waals surface area contributed by atoms with Crippen LogP contribution in [0.15, 0.2) is 25.3 Å². The minimum Gasteiger partial charge on any atom is -0.330 e. The van der Waals surface area contributed by atoms with Gasteiger partial charge in [-0.1, -0.05) is 64.5 Å². The van der Waals surface area contributed by atoms with Crippen molar-refractivity contribution in [3.8, 4) is 0 Å². The predicted molar refractivity (Wildman–Crippen MR) is 94.8 cm³/mol. The Bertz CT molecular complexity index is 366. The van der Waals surface area contributed by atoms with Gasteiger partial charge in [0, 0.05) is 0 Å². The van der Waals surface area contributed by atoms with E-state index in [0.717, 1.165) is 38.5 Å². The highest BCUT2D eigenvalue weighted by molar-refractivity contribution is 5.90. The lowest BCUT2D eigenvalue weighted by Crippen LogP contribution is -2.60. The Balaban J connectivity index is 2.81. The van der Waals surface area contributed by atoms with E-state index < -0.39 is 5.66 Å². The van der Waals surface area contributed by atoms with Crippen LogP contribution in [0.3, 0.4) is 0 Å². The van der Waals surface area contributed by atoms with Crippen LogP contribution < -0.4 is 10.6 Å². The minimum atomic E-state index is -0.676. The SMILES string of the molecule is C=CC(=O)NC1(NC(=O)C=C)CCCCCCCCCCCC1. The molecule has 1 aliphatic carbocycles. The highest BCUT2D eigenvalue weighted by Gasteiger charge is 2.31. The number of hydrogen-bond donors (Lipinski definition) is 2. The molecule has 0 aliphatic heterocycles. The summed E-state index contributed by atoms with van der Waals surface area (Å²) >= 11 is 0. The van der Waals surface area contributed by atoms with Crippen LogP contribution in [-0.2, 0) is 9.59 Å². The first-order valence-electron chi connectivity index (χ1n) is 9.01. The van der Waals surface area contributed by atoms with Crippen molar-refractivity contribution in [2.45, 2.75) is 82.7 Å². The second-order valence-corrected chi connectivity index (χ2v) is 6.50. The Morgan fingerprint density at radius 1 is 0.652 bits per heavy atom. The number of carbonyl (C=O) groups excluding carboxylic acids is 2. The van der Waals surface area contributed by atoms with Gasteiger partial charge in [0.05, 0.1) is 0 Å². The van der Waals surface area contributed by atoms with Crippen LogP contribution in [0.1, 0.15) is 77.0 Å². The van der Waals surface area contributed by atoms with Gasteiger partial charge < -0.3 is 10.6 Å². The molecule has 1 aliphatic rings. The van der Waals surface area contributed by atoms with Crippen molar-refractivity contribution < 1.29 is 9.59 Å². The zero-order chi connectivity index (χ0) is 17.0. The van der Waals surface area contributed by atoms with Crippen LogP contribution in [-0.4, -0.2) is 17.5 Å². The van der Waals surface area contributed by atoms with Gasteiger partial charge in [-0.25, -0.2) is 0 Å². The molecule has 1 saturated carbocycles. The van der Waals surface area contributed by atoms with Gasteiger partial charge in [-0.3, -0.25) is 9.59 Å². The molecule has 0 saturated heterocycles. The van der Waals surface area contributed by atoms with E-state index in [9.17, 15) is 9.59 Å². The van der Waals surface area contributed by atoms with Gasteiger partial charge in [-0.05, 0) is 37.8 Å². The second-order valence-electron chi connectivity index (χ2n) is 6.50. The Morgan fingerprint density at radius 3 is 1.26 bits per heavy atom. The highest BCUT2D eigenvalue weighted by atomic mass is 16.2. The lowest BCUT2D eigenvalue weighted by atomic mass is 9.94. The first-order chi connectivity index (χ1) is 11.1. The average Bonchev–Trinajstić information content (AvgIpc) is 2.57. The van der Waals surface area contributed by atoms with Crippen LogP contribution in [0, 0.1) is 0 Å². The fraction of sp³-hybridized carbons (Fsp3) is 0.684. The van der Waals surface area contributed by atoms with Crippen molar-refractivity contribution in [3.63, 3.8) is 0 Å². The Hall–Kier alpha value is -1.58. The molecule has 0 heterocycles. The quantitative estimate of drug-likeness (QED) is 0.608. The molecule has 130 valence electrons. The van der Waals surface area contributed by atoms with Crippen molar-refractivity contribution in [2.24, 2.45) is 0 Å². The third-order valence-corrected chi connectivity index (χ3v) is 4.55. The molecule has 0 spiro atoms. The molecular formula is C19H32N2O2. The standard InChI is InChI=1S/C19H32N2O2/c1-3-17(22)20-19(21-18(23)4-2)15-13-11-9-7-5-6-8-10-12-14-16-19/h3-4H,1-2,5-16H2,(H,20,22)(H,21,23). The van der Waals surface area contributed by atoms with E-state index in [4.69, 9.17) is 0 Å². The average molecular weight is 320 g/mol. The second kappa shape index (κ2) is 11.0. The summed E-state index contributed by atoms with van der Waals surface area (Å²) in [6.45, 7) is 7.05. The minimum absolute atomic E-state index is 0.237. The first kappa shape index (κ1) is 19.5. The molecule has 2 N–H and O–H groups in total. The van der Waals surface area contributed by atoms with Crippen LogP contribution in [0.2, 0.25) is 0 Å². The van der Waals surface area contributed by atoms with E-state index in [1.54, 1.807) is 0 Å². The monoisotopic (exact) mass is 320 g/mol. The molecule has 0 aromatic carbocycles. The fourth-order valence-electron chi connectivity index (χ4n) is 3.25. The summed E-state index contributed by atoms with van der Waals surface area (Å²) in [4.78, 5) is 23.8. The maximum atomic E-state index is 11.9. The summed E-state index contributed by atoms with van der Waals surface area (Å²) < 4.78 is 0. The lowest BCUT2D eigenvalue weighted by Gasteiger charge is -2.35. The molecule has 0 radical (unpaired) electrons. The van der Waals surface area contributed by atoms with E-state index in [-0.39, 0.29) is 11.8 Å². The molecule has 0 aromatic rings. The topological polar surface area (TPSA) is 58.2 Å². The van der Waals surface area contributed by atoms with E-state index in [1.165, 1.54) is 50.7 Å². The maximum absolute atomic E-state index is 11.9. The predicted octanol–water partition coefficient (Wildman–Crippen LogP) is 3.98. The lowest BCUT2D eigenvalue weighted by molar-refractivity contribution is -0.122. The van der Waals surface area contributed by atoms with Gasteiger partial charge in [-0.15, -0.1) is 0 Å². The van der Waals surface area contributed by atoms with Crippen LogP contribution >= 0.6 is 0 Å². The number of nitrogens with one attached hydrogen (secondary N) is 2. The molecule has 0 bridgehead atoms. The van der Waals surface area contributed by atoms with Gasteiger partial charge >= 0.3 is 0 Å². The van der Waals surface area contributed by atoms with Gasteiger partial charge in [0.2, 0.25) is 11.8 Å². The van der Waals surface area contributed by atoms with E-state index in [0.29, 0.717) is 0 Å². The highest BCUT2D eigenvalue weighted by Crippen LogP contribution is 2.23. The van der Waals surface area contributed by atoms with Crippen molar-refractivity contribution in [1.82, 2.24) is 10.6 Å². The number of hydrogen-bond acceptors (Lipinski definition) is 2. The van der Waals surface area contributed by atoms with Crippen LogP contribution in [0.25, 0.3) is 0 Å². The molecule has 23 heavy (non-hydrogen) atoms. The van der Waals surface area contributed by atoms with Crippen LogP contribution in [0.4, 0.5) is 0 Å². The molecule has 0 aromatic heterocycles. The smallest absolute Gasteiger partial charge is 0.245 e. The summed E-state index contributed by atoms with van der Waals surface area (Å²) in [5.41, 5.74) is -0.676. The van der Waals surface area contributed by atoms with Crippen molar-refractivity contribution in [1.29, 1.82) is 0 Å². The van der Waals surface area contributed by atoms with Gasteiger partial charge in [0.1, 0.15) is 5.66 Å². The van der Waals surface area contributed by atoms with Gasteiger partial charge in [-0.2, -0.15) is 0 Å². The number of carbonyl (C=O) groups is 2. The van der Waals surface area contributed by atoms with E-state index >= 15 is 0 Å². The maximum Gasteiger partial charge on any atom is 0.245 e. The zero-order valence-corrected chi connectivity index (χ0v) is 14.4. The largest absolute Gasteiger partial charge is 0.330 e. The first-order valence-corrected chi connectivity index (χ1v) is 9.01. The summed E-state index contributed by atoms with van der Waals surface area (Å²) in [7, 11) is 0. The van der Waals surface area contributed by atoms with E-state index in [2.05, 4.69) is 23.8 Å². The summed E-state index contributed by atoms with van der Waals surface area (Å²) in [6.07, 6.45) is 16.0. The summed E-state index contributed by atoms with van der Waals surface area (Å²) in [5.74, 6) is -0.475.